The van der Waals surface area contributed by atoms with Gasteiger partial charge in [-0.25, -0.2) is 0 Å². The largest absolute Gasteiger partial charge is 0.481 e. The predicted octanol–water partition coefficient (Wildman–Crippen LogP) is 3.71. The molecule has 47 heavy (non-hydrogen) atoms. The average molecular weight is 668 g/mol. The molecule has 0 aromatic heterocycles. The molecule has 0 heterocycles. The summed E-state index contributed by atoms with van der Waals surface area (Å²) < 4.78 is 27.6. The Kier molecular flexibility index (Phi) is 24.6. The van der Waals surface area contributed by atoms with Gasteiger partial charge in [0.2, 0.25) is 5.91 Å². The van der Waals surface area contributed by atoms with Crippen molar-refractivity contribution in [1.82, 2.24) is 5.32 Å². The highest BCUT2D eigenvalue weighted by molar-refractivity contribution is 5.92. The molecule has 0 spiro atoms. The molecule has 0 radical (unpaired) electrons. The van der Waals surface area contributed by atoms with Gasteiger partial charge in [-0.1, -0.05) is 33.1 Å². The van der Waals surface area contributed by atoms with Crippen molar-refractivity contribution in [2.75, 3.05) is 59.5 Å². The van der Waals surface area contributed by atoms with Crippen molar-refractivity contribution >= 4 is 29.2 Å². The first-order valence-corrected chi connectivity index (χ1v) is 17.1. The lowest BCUT2D eigenvalue weighted by Crippen LogP contribution is -2.47. The van der Waals surface area contributed by atoms with Crippen molar-refractivity contribution in [1.29, 1.82) is 0 Å². The number of carbonyl (C=O) groups is 5. The number of Topliss-reactive ketones (excluding diaryl/α,β-unsaturated/α-hetero) is 3. The molecule has 12 heteroatoms. The third-order valence-electron chi connectivity index (χ3n) is 7.57. The number of ketones is 3. The third-order valence-corrected chi connectivity index (χ3v) is 7.57. The highest BCUT2D eigenvalue weighted by Crippen LogP contribution is 2.16. The lowest BCUT2D eigenvalue weighted by molar-refractivity contribution is -0.139. The molecule has 0 aromatic rings. The van der Waals surface area contributed by atoms with Gasteiger partial charge in [-0.3, -0.25) is 24.0 Å². The van der Waals surface area contributed by atoms with Crippen LogP contribution in [0.1, 0.15) is 97.8 Å². The van der Waals surface area contributed by atoms with Crippen LogP contribution in [0, 0.1) is 23.7 Å². The summed E-state index contributed by atoms with van der Waals surface area (Å²) >= 11 is 0. The second-order valence-electron chi connectivity index (χ2n) is 12.0. The first kappa shape index (κ1) is 42.3. The number of rotatable bonds is 29. The molecule has 1 rings (SSSR count). The van der Waals surface area contributed by atoms with Crippen LogP contribution in [-0.2, 0) is 47.7 Å². The van der Waals surface area contributed by atoms with E-state index in [1.54, 1.807) is 6.92 Å². The number of amides is 1. The van der Waals surface area contributed by atoms with Crippen molar-refractivity contribution in [3.05, 3.63) is 0 Å². The summed E-state index contributed by atoms with van der Waals surface area (Å²) in [6, 6.07) is -0.673. The topological polar surface area (TPSA) is 164 Å². The van der Waals surface area contributed by atoms with E-state index < -0.39 is 23.8 Å². The first-order chi connectivity index (χ1) is 22.6. The number of aliphatic carboxylic acids is 1. The normalized spacial score (nSPS) is 16.0. The lowest BCUT2D eigenvalue weighted by atomic mass is 9.92. The van der Waals surface area contributed by atoms with Crippen LogP contribution in [-0.4, -0.2) is 106 Å². The number of hydrogen-bond donors (Lipinski definition) is 2. The molecular weight excluding hydrogens is 610 g/mol. The number of carbonyl (C=O) groups excluding carboxylic acids is 4. The van der Waals surface area contributed by atoms with Crippen LogP contribution in [0.5, 0.6) is 0 Å². The Hall–Kier alpha value is -2.69. The van der Waals surface area contributed by atoms with Crippen molar-refractivity contribution in [3.63, 3.8) is 0 Å². The third kappa shape index (κ3) is 22.5. The highest BCUT2D eigenvalue weighted by atomic mass is 16.6. The van der Waals surface area contributed by atoms with Gasteiger partial charge in [0.05, 0.1) is 52.3 Å². The van der Waals surface area contributed by atoms with E-state index in [4.69, 9.17) is 28.8 Å². The number of ether oxygens (including phenoxy) is 5. The second-order valence-corrected chi connectivity index (χ2v) is 12.0. The van der Waals surface area contributed by atoms with Gasteiger partial charge in [-0.05, 0) is 38.0 Å². The minimum atomic E-state index is -1.06. The predicted molar refractivity (Wildman–Crippen MR) is 175 cm³/mol. The molecule has 1 aliphatic rings. The van der Waals surface area contributed by atoms with Gasteiger partial charge >= 0.3 is 5.97 Å². The Morgan fingerprint density at radius 1 is 0.809 bits per heavy atom. The molecule has 0 fully saturated rings. The standard InChI is InChI=1S/C35H57NO11/c1-4-32(39)34(27(2)3)36-35(42)28(14-15-33(40)41)25-29(37)16-18-44-20-22-46-24-23-45-21-19-43-17-10-11-30(38)26-47-31-12-8-6-5-7-9-13-31/h27-28,31,34H,4-8,10-12,14-26H2,1-3H3,(H,36,42)(H,40,41)/t28-,31?,34-/m0/s1. The minimum Gasteiger partial charge on any atom is -0.481 e. The Labute approximate surface area is 280 Å². The molecular formula is C35H57NO11. The molecule has 2 N–H and O–H groups in total. The number of carboxylic acid groups (broad SMARTS) is 1. The van der Waals surface area contributed by atoms with Crippen molar-refractivity contribution in [3.8, 4) is 11.8 Å². The van der Waals surface area contributed by atoms with Gasteiger partial charge in [0.25, 0.3) is 0 Å². The number of carboxylic acids is 1. The molecule has 0 aromatic carbocycles. The van der Waals surface area contributed by atoms with Crippen molar-refractivity contribution in [2.45, 2.75) is 110 Å². The van der Waals surface area contributed by atoms with Crippen LogP contribution >= 0.6 is 0 Å². The first-order valence-electron chi connectivity index (χ1n) is 17.1. The van der Waals surface area contributed by atoms with E-state index in [-0.39, 0.29) is 81.3 Å². The Balaban J connectivity index is 2.05. The maximum absolute atomic E-state index is 12.8. The monoisotopic (exact) mass is 667 g/mol. The molecule has 0 saturated carbocycles. The highest BCUT2D eigenvalue weighted by Gasteiger charge is 2.28. The summed E-state index contributed by atoms with van der Waals surface area (Å²) in [5, 5.41) is 11.8. The van der Waals surface area contributed by atoms with E-state index in [9.17, 15) is 24.0 Å². The zero-order valence-corrected chi connectivity index (χ0v) is 28.7. The van der Waals surface area contributed by atoms with Gasteiger partial charge < -0.3 is 34.1 Å². The molecule has 3 atom stereocenters. The Morgan fingerprint density at radius 3 is 2.06 bits per heavy atom. The van der Waals surface area contributed by atoms with Crippen molar-refractivity contribution < 1.29 is 52.8 Å². The fourth-order valence-corrected chi connectivity index (χ4v) is 4.80. The molecule has 0 bridgehead atoms. The summed E-state index contributed by atoms with van der Waals surface area (Å²) in [7, 11) is 0. The van der Waals surface area contributed by atoms with Crippen LogP contribution in [0.15, 0.2) is 0 Å². The van der Waals surface area contributed by atoms with Gasteiger partial charge in [-0.2, -0.15) is 0 Å². The van der Waals surface area contributed by atoms with Crippen LogP contribution in [0.4, 0.5) is 0 Å². The zero-order valence-electron chi connectivity index (χ0n) is 28.7. The summed E-state index contributed by atoms with van der Waals surface area (Å²) in [4.78, 5) is 60.7. The molecule has 12 nitrogen and oxygen atoms in total. The SMILES string of the molecule is CCC(=O)[C@@H](NC(=O)[C@@H](CCC(=O)O)CC(=O)CCOCCOCCOCCOCCCC(=O)COC1C#CCCCCC1)C(C)C. The number of hydrogen-bond acceptors (Lipinski definition) is 10. The summed E-state index contributed by atoms with van der Waals surface area (Å²) in [5.74, 6) is 3.46. The maximum atomic E-state index is 12.8. The molecule has 1 amide bonds. The maximum Gasteiger partial charge on any atom is 0.303 e. The number of nitrogens with one attached hydrogen (secondary N) is 1. The molecule has 0 aliphatic heterocycles. The average Bonchev–Trinajstić information content (AvgIpc) is 3.02. The van der Waals surface area contributed by atoms with Gasteiger partial charge in [-0.15, -0.1) is 5.92 Å². The van der Waals surface area contributed by atoms with E-state index in [0.29, 0.717) is 52.5 Å². The van der Waals surface area contributed by atoms with E-state index in [2.05, 4.69) is 17.2 Å². The van der Waals surface area contributed by atoms with E-state index >= 15 is 0 Å². The van der Waals surface area contributed by atoms with Gasteiger partial charge in [0.15, 0.2) is 11.6 Å². The second kappa shape index (κ2) is 27.3. The molecule has 0 saturated heterocycles. The summed E-state index contributed by atoms with van der Waals surface area (Å²) in [6.07, 6.45) is 6.09. The van der Waals surface area contributed by atoms with Crippen LogP contribution < -0.4 is 5.32 Å². The summed E-state index contributed by atoms with van der Waals surface area (Å²) in [6.45, 7) is 8.31. The fraction of sp³-hybridized carbons (Fsp3) is 0.800. The van der Waals surface area contributed by atoms with Crippen LogP contribution in [0.25, 0.3) is 0 Å². The van der Waals surface area contributed by atoms with Crippen LogP contribution in [0.3, 0.4) is 0 Å². The van der Waals surface area contributed by atoms with Gasteiger partial charge in [0.1, 0.15) is 18.5 Å². The van der Waals surface area contributed by atoms with E-state index in [1.165, 1.54) is 0 Å². The zero-order chi connectivity index (χ0) is 34.7. The van der Waals surface area contributed by atoms with Crippen molar-refractivity contribution in [2.24, 2.45) is 11.8 Å². The molecule has 268 valence electrons. The molecule has 1 unspecified atom stereocenters. The summed E-state index contributed by atoms with van der Waals surface area (Å²) in [5.41, 5.74) is 0. The lowest BCUT2D eigenvalue weighted by Gasteiger charge is -2.24. The smallest absolute Gasteiger partial charge is 0.303 e. The van der Waals surface area contributed by atoms with E-state index in [0.717, 1.165) is 32.1 Å². The quantitative estimate of drug-likeness (QED) is 0.0883. The Morgan fingerprint density at radius 2 is 1.45 bits per heavy atom. The fourth-order valence-electron chi connectivity index (χ4n) is 4.80. The minimum absolute atomic E-state index is 0.00866. The Bertz CT molecular complexity index is 988. The van der Waals surface area contributed by atoms with E-state index in [1.807, 2.05) is 13.8 Å². The van der Waals surface area contributed by atoms with Gasteiger partial charge in [0, 0.05) is 51.0 Å². The molecule has 1 aliphatic carbocycles. The van der Waals surface area contributed by atoms with Crippen LogP contribution in [0.2, 0.25) is 0 Å².